The summed E-state index contributed by atoms with van der Waals surface area (Å²) >= 11 is 0. The highest BCUT2D eigenvalue weighted by Crippen LogP contribution is 1.96. The van der Waals surface area contributed by atoms with E-state index in [-0.39, 0.29) is 0 Å². The van der Waals surface area contributed by atoms with Crippen LogP contribution in [0.2, 0.25) is 0 Å². The minimum absolute atomic E-state index is 1.03. The van der Waals surface area contributed by atoms with Gasteiger partial charge in [-0.15, -0.1) is 6.42 Å². The highest BCUT2D eigenvalue weighted by atomic mass is 14.6. The van der Waals surface area contributed by atoms with E-state index in [0.717, 1.165) is 5.56 Å². The zero-order chi connectivity index (χ0) is 7.23. The van der Waals surface area contributed by atoms with E-state index in [1.54, 1.807) is 18.5 Å². The predicted molar refractivity (Wildman–Crippen MR) is 42.1 cm³/mol. The highest BCUT2D eigenvalue weighted by Gasteiger charge is 1.79. The minimum Gasteiger partial charge on any atom is -0.264 e. The van der Waals surface area contributed by atoms with Crippen molar-refractivity contribution in [2.75, 3.05) is 0 Å². The maximum absolute atomic E-state index is 5.02. The van der Waals surface area contributed by atoms with Crippen molar-refractivity contribution in [3.05, 3.63) is 36.2 Å². The first kappa shape index (κ1) is 6.57. The molecule has 1 nitrogen and oxygen atoms in total. The molecule has 0 saturated carbocycles. The van der Waals surface area contributed by atoms with E-state index in [1.807, 2.05) is 18.2 Å². The molecule has 1 aromatic rings. The Labute approximate surface area is 60.4 Å². The molecule has 0 saturated heterocycles. The smallest absolute Gasteiger partial charge is 0.0340 e. The van der Waals surface area contributed by atoms with Crippen molar-refractivity contribution in [3.8, 4) is 12.3 Å². The van der Waals surface area contributed by atoms with Gasteiger partial charge < -0.3 is 0 Å². The summed E-state index contributed by atoms with van der Waals surface area (Å²) in [7, 11) is 0. The van der Waals surface area contributed by atoms with E-state index >= 15 is 0 Å². The average Bonchev–Trinajstić information content (AvgIpc) is 2.03. The van der Waals surface area contributed by atoms with E-state index < -0.39 is 0 Å². The number of terminal acetylenes is 1. The number of rotatable bonds is 1. The number of hydrogen-bond donors (Lipinski definition) is 0. The molecular formula is C9H7N. The van der Waals surface area contributed by atoms with Gasteiger partial charge in [0.05, 0.1) is 0 Å². The Hall–Kier alpha value is -1.55. The number of pyridine rings is 1. The lowest BCUT2D eigenvalue weighted by Crippen LogP contribution is -1.71. The van der Waals surface area contributed by atoms with Gasteiger partial charge in [0, 0.05) is 12.4 Å². The monoisotopic (exact) mass is 129 g/mol. The standard InChI is InChI=1S/C9H7N/c1-2-3-5-9-6-4-7-10-8-9/h1,3-8H/b5-3+. The summed E-state index contributed by atoms with van der Waals surface area (Å²) in [5.74, 6) is 2.41. The van der Waals surface area contributed by atoms with E-state index in [4.69, 9.17) is 6.42 Å². The highest BCUT2D eigenvalue weighted by molar-refractivity contribution is 5.50. The number of allylic oxidation sites excluding steroid dienone is 1. The van der Waals surface area contributed by atoms with Crippen molar-refractivity contribution in [3.63, 3.8) is 0 Å². The first-order chi connectivity index (χ1) is 4.93. The maximum atomic E-state index is 5.02. The van der Waals surface area contributed by atoms with Crippen molar-refractivity contribution < 1.29 is 0 Å². The van der Waals surface area contributed by atoms with Crippen LogP contribution >= 0.6 is 0 Å². The maximum Gasteiger partial charge on any atom is 0.0340 e. The van der Waals surface area contributed by atoms with Crippen LogP contribution in [0.5, 0.6) is 0 Å². The minimum atomic E-state index is 1.03. The second-order valence-electron chi connectivity index (χ2n) is 1.79. The number of nitrogens with zero attached hydrogens (tertiary/aromatic N) is 1. The Morgan fingerprint density at radius 1 is 1.60 bits per heavy atom. The summed E-state index contributed by atoms with van der Waals surface area (Å²) in [6, 6.07) is 3.82. The molecule has 0 unspecified atom stereocenters. The second kappa shape index (κ2) is 3.47. The van der Waals surface area contributed by atoms with E-state index in [9.17, 15) is 0 Å². The lowest BCUT2D eigenvalue weighted by Gasteiger charge is -1.86. The molecule has 0 amide bonds. The molecule has 1 rings (SSSR count). The van der Waals surface area contributed by atoms with Gasteiger partial charge in [-0.3, -0.25) is 4.98 Å². The number of hydrogen-bond acceptors (Lipinski definition) is 1. The van der Waals surface area contributed by atoms with Gasteiger partial charge in [-0.05, 0) is 23.8 Å². The van der Waals surface area contributed by atoms with Crippen LogP contribution in [0.1, 0.15) is 5.56 Å². The summed E-state index contributed by atoms with van der Waals surface area (Å²) in [6.07, 6.45) is 12.0. The summed E-state index contributed by atoms with van der Waals surface area (Å²) in [4.78, 5) is 3.92. The molecule has 1 heterocycles. The largest absolute Gasteiger partial charge is 0.264 e. The fourth-order valence-electron chi connectivity index (χ4n) is 0.619. The first-order valence-electron chi connectivity index (χ1n) is 2.96. The molecule has 0 aromatic carbocycles. The molecule has 1 heteroatoms. The van der Waals surface area contributed by atoms with E-state index in [2.05, 4.69) is 10.9 Å². The van der Waals surface area contributed by atoms with Crippen LogP contribution in [0.25, 0.3) is 6.08 Å². The first-order valence-corrected chi connectivity index (χ1v) is 2.96. The van der Waals surface area contributed by atoms with Crippen LogP contribution in [-0.2, 0) is 0 Å². The third kappa shape index (κ3) is 1.75. The third-order valence-corrected chi connectivity index (χ3v) is 1.06. The second-order valence-corrected chi connectivity index (χ2v) is 1.79. The molecular weight excluding hydrogens is 122 g/mol. The van der Waals surface area contributed by atoms with Crippen molar-refractivity contribution in [2.45, 2.75) is 0 Å². The van der Waals surface area contributed by atoms with Gasteiger partial charge in [0.1, 0.15) is 0 Å². The van der Waals surface area contributed by atoms with Crippen molar-refractivity contribution >= 4 is 6.08 Å². The molecule has 0 aliphatic rings. The van der Waals surface area contributed by atoms with Crippen LogP contribution in [0.4, 0.5) is 0 Å². The van der Waals surface area contributed by atoms with Crippen LogP contribution in [0.3, 0.4) is 0 Å². The Balaban J connectivity index is 2.79. The van der Waals surface area contributed by atoms with Crippen molar-refractivity contribution in [2.24, 2.45) is 0 Å². The lowest BCUT2D eigenvalue weighted by molar-refractivity contribution is 1.32. The van der Waals surface area contributed by atoms with Crippen LogP contribution in [-0.4, -0.2) is 4.98 Å². The van der Waals surface area contributed by atoms with Crippen molar-refractivity contribution in [1.29, 1.82) is 0 Å². The Morgan fingerprint density at radius 2 is 2.50 bits per heavy atom. The molecule has 1 aromatic heterocycles. The summed E-state index contributed by atoms with van der Waals surface area (Å²) in [6.45, 7) is 0. The van der Waals surface area contributed by atoms with E-state index in [1.165, 1.54) is 0 Å². The SMILES string of the molecule is C#C/C=C/c1cccnc1. The van der Waals surface area contributed by atoms with E-state index in [0.29, 0.717) is 0 Å². The summed E-state index contributed by atoms with van der Waals surface area (Å²) < 4.78 is 0. The fraction of sp³-hybridized carbons (Fsp3) is 0. The van der Waals surface area contributed by atoms with Crippen LogP contribution in [0.15, 0.2) is 30.6 Å². The quantitative estimate of drug-likeness (QED) is 0.526. The van der Waals surface area contributed by atoms with Gasteiger partial charge in [0.15, 0.2) is 0 Å². The molecule has 0 aliphatic heterocycles. The average molecular weight is 129 g/mol. The van der Waals surface area contributed by atoms with Crippen LogP contribution < -0.4 is 0 Å². The molecule has 10 heavy (non-hydrogen) atoms. The predicted octanol–water partition coefficient (Wildman–Crippen LogP) is 1.73. The summed E-state index contributed by atoms with van der Waals surface area (Å²) in [5.41, 5.74) is 1.03. The molecule has 0 radical (unpaired) electrons. The fourth-order valence-corrected chi connectivity index (χ4v) is 0.619. The van der Waals surface area contributed by atoms with Gasteiger partial charge in [0.25, 0.3) is 0 Å². The molecule has 0 fully saturated rings. The molecule has 0 N–H and O–H groups in total. The molecule has 0 atom stereocenters. The third-order valence-electron chi connectivity index (χ3n) is 1.06. The molecule has 0 spiro atoms. The molecule has 0 aliphatic carbocycles. The van der Waals surface area contributed by atoms with Gasteiger partial charge in [-0.25, -0.2) is 0 Å². The van der Waals surface area contributed by atoms with Gasteiger partial charge in [-0.2, -0.15) is 0 Å². The number of aromatic nitrogens is 1. The van der Waals surface area contributed by atoms with Crippen molar-refractivity contribution in [1.82, 2.24) is 4.98 Å². The molecule has 0 bridgehead atoms. The Morgan fingerprint density at radius 3 is 3.10 bits per heavy atom. The Kier molecular flexibility index (Phi) is 2.28. The normalized spacial score (nSPS) is 9.50. The lowest BCUT2D eigenvalue weighted by atomic mass is 10.3. The van der Waals surface area contributed by atoms with Crippen LogP contribution in [0, 0.1) is 12.3 Å². The zero-order valence-corrected chi connectivity index (χ0v) is 5.49. The Bertz CT molecular complexity index is 254. The van der Waals surface area contributed by atoms with Gasteiger partial charge in [0.2, 0.25) is 0 Å². The van der Waals surface area contributed by atoms with Gasteiger partial charge in [-0.1, -0.05) is 12.0 Å². The topological polar surface area (TPSA) is 12.9 Å². The molecule has 48 valence electrons. The zero-order valence-electron chi connectivity index (χ0n) is 5.49. The summed E-state index contributed by atoms with van der Waals surface area (Å²) in [5, 5.41) is 0. The van der Waals surface area contributed by atoms with Gasteiger partial charge >= 0.3 is 0 Å².